The smallest absolute Gasteiger partial charge is 0.136 e. The minimum atomic E-state index is 0.885. The largest absolute Gasteiger partial charge is 0.456 e. The molecule has 0 saturated carbocycles. The fraction of sp³-hybridized carbons (Fsp3) is 0. The predicted octanol–water partition coefficient (Wildman–Crippen LogP) is 14.1. The number of nitrogens with zero attached hydrogens (tertiary/aromatic N) is 2. The lowest BCUT2D eigenvalue weighted by atomic mass is 9.96. The molecule has 2 heterocycles. The van der Waals surface area contributed by atoms with E-state index >= 15 is 0 Å². The van der Waals surface area contributed by atoms with Gasteiger partial charge < -0.3 is 13.9 Å². The number of hydrogen-bond acceptors (Lipinski definition) is 2. The van der Waals surface area contributed by atoms with Gasteiger partial charge in [-0.2, -0.15) is 0 Å². The average molecular weight is 677 g/mol. The van der Waals surface area contributed by atoms with Crippen LogP contribution in [0.4, 0.5) is 17.1 Å². The molecule has 0 fully saturated rings. The van der Waals surface area contributed by atoms with Crippen LogP contribution < -0.4 is 4.90 Å². The quantitative estimate of drug-likeness (QED) is 0.169. The van der Waals surface area contributed by atoms with E-state index in [0.29, 0.717) is 0 Å². The highest BCUT2D eigenvalue weighted by Crippen LogP contribution is 2.46. The molecule has 0 atom stereocenters. The number of fused-ring (bicyclic) bond motifs is 9. The maximum Gasteiger partial charge on any atom is 0.136 e. The zero-order chi connectivity index (χ0) is 34.9. The summed E-state index contributed by atoms with van der Waals surface area (Å²) in [6.45, 7) is 0. The van der Waals surface area contributed by atoms with Crippen LogP contribution in [-0.2, 0) is 0 Å². The number of benzene rings is 9. The topological polar surface area (TPSA) is 21.3 Å². The van der Waals surface area contributed by atoms with Crippen molar-refractivity contribution in [1.29, 1.82) is 0 Å². The molecular formula is C50H32N2O. The summed E-state index contributed by atoms with van der Waals surface area (Å²) in [4.78, 5) is 2.43. The van der Waals surface area contributed by atoms with E-state index in [4.69, 9.17) is 4.42 Å². The first-order valence-corrected chi connectivity index (χ1v) is 18.1. The molecule has 3 heteroatoms. The molecule has 53 heavy (non-hydrogen) atoms. The van der Waals surface area contributed by atoms with Crippen molar-refractivity contribution in [2.24, 2.45) is 0 Å². The Bertz CT molecular complexity index is 3150. The number of furan rings is 1. The molecule has 0 aliphatic carbocycles. The van der Waals surface area contributed by atoms with Crippen molar-refractivity contribution < 1.29 is 4.42 Å². The summed E-state index contributed by atoms with van der Waals surface area (Å²) in [6, 6.07) is 69.9. The van der Waals surface area contributed by atoms with Crippen LogP contribution in [0.1, 0.15) is 0 Å². The summed E-state index contributed by atoms with van der Waals surface area (Å²) in [5.41, 5.74) is 10.8. The molecule has 9 aromatic carbocycles. The molecule has 11 aromatic rings. The zero-order valence-corrected chi connectivity index (χ0v) is 28.8. The Kier molecular flexibility index (Phi) is 6.55. The lowest BCUT2D eigenvalue weighted by Crippen LogP contribution is -2.12. The van der Waals surface area contributed by atoms with Crippen molar-refractivity contribution in [2.75, 3.05) is 4.90 Å². The Hall–Kier alpha value is -7.10. The van der Waals surface area contributed by atoms with Crippen LogP contribution in [0, 0.1) is 0 Å². The van der Waals surface area contributed by atoms with Gasteiger partial charge in [-0.15, -0.1) is 0 Å². The van der Waals surface area contributed by atoms with Crippen LogP contribution >= 0.6 is 0 Å². The molecule has 248 valence electrons. The standard InChI is InChI=1S/C50H32N2O/c1-2-16-38-33(13-1)27-28-34-29-30-37(32-44(34)38)51(35-14-11-15-36(31-35)52-46-23-8-3-17-39(46)40-18-4-9-24-47(40)52)45-22-7-5-19-41(45)42-21-12-26-49-50(42)43-20-6-10-25-48(43)53-49/h1-32H. The molecule has 0 N–H and O–H groups in total. The van der Waals surface area contributed by atoms with E-state index in [9.17, 15) is 0 Å². The van der Waals surface area contributed by atoms with Crippen molar-refractivity contribution in [2.45, 2.75) is 0 Å². The van der Waals surface area contributed by atoms with Crippen molar-refractivity contribution in [3.05, 3.63) is 194 Å². The Labute approximate surface area is 306 Å². The van der Waals surface area contributed by atoms with Gasteiger partial charge in [0.25, 0.3) is 0 Å². The first-order valence-electron chi connectivity index (χ1n) is 18.1. The van der Waals surface area contributed by atoms with E-state index in [0.717, 1.165) is 55.8 Å². The summed E-state index contributed by atoms with van der Waals surface area (Å²) in [7, 11) is 0. The summed E-state index contributed by atoms with van der Waals surface area (Å²) in [6.07, 6.45) is 0. The highest BCUT2D eigenvalue weighted by molar-refractivity contribution is 6.14. The first-order chi connectivity index (χ1) is 26.3. The van der Waals surface area contributed by atoms with Crippen LogP contribution in [0.25, 0.3) is 82.1 Å². The molecule has 0 amide bonds. The molecule has 0 saturated heterocycles. The highest BCUT2D eigenvalue weighted by Gasteiger charge is 2.22. The number of rotatable bonds is 5. The Morgan fingerprint density at radius 2 is 0.962 bits per heavy atom. The van der Waals surface area contributed by atoms with Gasteiger partial charge in [-0.25, -0.2) is 0 Å². The summed E-state index contributed by atoms with van der Waals surface area (Å²) >= 11 is 0. The summed E-state index contributed by atoms with van der Waals surface area (Å²) in [5, 5.41) is 9.66. The van der Waals surface area contributed by atoms with E-state index in [2.05, 4.69) is 198 Å². The van der Waals surface area contributed by atoms with Crippen molar-refractivity contribution in [3.8, 4) is 16.8 Å². The lowest BCUT2D eigenvalue weighted by Gasteiger charge is -2.29. The molecule has 3 nitrogen and oxygen atoms in total. The third kappa shape index (κ3) is 4.61. The fourth-order valence-corrected chi connectivity index (χ4v) is 8.42. The normalized spacial score (nSPS) is 11.8. The zero-order valence-electron chi connectivity index (χ0n) is 28.8. The van der Waals surface area contributed by atoms with Gasteiger partial charge in [0.05, 0.1) is 16.7 Å². The third-order valence-electron chi connectivity index (χ3n) is 10.8. The van der Waals surface area contributed by atoms with Crippen LogP contribution in [0.3, 0.4) is 0 Å². The van der Waals surface area contributed by atoms with Gasteiger partial charge in [-0.1, -0.05) is 133 Å². The van der Waals surface area contributed by atoms with Crippen LogP contribution in [0.2, 0.25) is 0 Å². The summed E-state index contributed by atoms with van der Waals surface area (Å²) < 4.78 is 8.78. The lowest BCUT2D eigenvalue weighted by molar-refractivity contribution is 0.669. The predicted molar refractivity (Wildman–Crippen MR) is 223 cm³/mol. The monoisotopic (exact) mass is 676 g/mol. The molecule has 0 aliphatic rings. The van der Waals surface area contributed by atoms with Crippen molar-refractivity contribution in [3.63, 3.8) is 0 Å². The number of anilines is 3. The Morgan fingerprint density at radius 3 is 1.79 bits per heavy atom. The second-order valence-electron chi connectivity index (χ2n) is 13.7. The van der Waals surface area contributed by atoms with E-state index < -0.39 is 0 Å². The first kappa shape index (κ1) is 29.6. The van der Waals surface area contributed by atoms with Gasteiger partial charge in [0, 0.05) is 44.2 Å². The molecule has 0 unspecified atom stereocenters. The second kappa shape index (κ2) is 11.7. The second-order valence-corrected chi connectivity index (χ2v) is 13.7. The van der Waals surface area contributed by atoms with Crippen LogP contribution in [0.5, 0.6) is 0 Å². The van der Waals surface area contributed by atoms with Gasteiger partial charge >= 0.3 is 0 Å². The van der Waals surface area contributed by atoms with E-state index in [-0.39, 0.29) is 0 Å². The highest BCUT2D eigenvalue weighted by atomic mass is 16.3. The molecule has 11 rings (SSSR count). The molecular weight excluding hydrogens is 645 g/mol. The van der Waals surface area contributed by atoms with Gasteiger partial charge in [0.2, 0.25) is 0 Å². The van der Waals surface area contributed by atoms with Crippen LogP contribution in [0.15, 0.2) is 199 Å². The molecule has 0 aliphatic heterocycles. The molecule has 0 spiro atoms. The van der Waals surface area contributed by atoms with Gasteiger partial charge in [0.1, 0.15) is 11.2 Å². The molecule has 2 aromatic heterocycles. The summed E-state index contributed by atoms with van der Waals surface area (Å²) in [5.74, 6) is 0. The minimum Gasteiger partial charge on any atom is -0.456 e. The van der Waals surface area contributed by atoms with Crippen molar-refractivity contribution >= 4 is 82.4 Å². The van der Waals surface area contributed by atoms with E-state index in [1.807, 2.05) is 6.07 Å². The molecule has 0 radical (unpaired) electrons. The van der Waals surface area contributed by atoms with E-state index in [1.54, 1.807) is 0 Å². The number of hydrogen-bond donors (Lipinski definition) is 0. The fourth-order valence-electron chi connectivity index (χ4n) is 8.42. The van der Waals surface area contributed by atoms with Crippen LogP contribution in [-0.4, -0.2) is 4.57 Å². The maximum atomic E-state index is 6.38. The molecule has 0 bridgehead atoms. The third-order valence-corrected chi connectivity index (χ3v) is 10.8. The Morgan fingerprint density at radius 1 is 0.377 bits per heavy atom. The van der Waals surface area contributed by atoms with Gasteiger partial charge in [-0.05, 0) is 87.8 Å². The Balaban J connectivity index is 1.19. The maximum absolute atomic E-state index is 6.38. The number of aromatic nitrogens is 1. The van der Waals surface area contributed by atoms with Crippen molar-refractivity contribution in [1.82, 2.24) is 4.57 Å². The van der Waals surface area contributed by atoms with E-state index in [1.165, 1.54) is 43.4 Å². The van der Waals surface area contributed by atoms with Gasteiger partial charge in [0.15, 0.2) is 0 Å². The SMILES string of the molecule is c1cc(N(c2ccc3ccc4ccccc4c3c2)c2ccccc2-c2cccc3oc4ccccc4c23)cc(-n2c3ccccc3c3ccccc32)c1. The minimum absolute atomic E-state index is 0.885. The average Bonchev–Trinajstić information content (AvgIpc) is 3.77. The number of para-hydroxylation sites is 4. The van der Waals surface area contributed by atoms with Gasteiger partial charge in [-0.3, -0.25) is 0 Å².